The Hall–Kier alpha value is -1.38. The van der Waals surface area contributed by atoms with Gasteiger partial charge >= 0.3 is 0 Å². The van der Waals surface area contributed by atoms with Gasteiger partial charge in [0.25, 0.3) is 0 Å². The summed E-state index contributed by atoms with van der Waals surface area (Å²) in [7, 11) is 0. The van der Waals surface area contributed by atoms with Crippen molar-refractivity contribution in [2.24, 2.45) is 0 Å². The summed E-state index contributed by atoms with van der Waals surface area (Å²) < 4.78 is 0. The number of aliphatic hydroxyl groups excluding tert-OH is 1. The quantitative estimate of drug-likeness (QED) is 0.254. The fourth-order valence-electron chi connectivity index (χ4n) is 0.246. The van der Waals surface area contributed by atoms with E-state index in [1.165, 1.54) is 0 Å². The Labute approximate surface area is 52.8 Å². The average Bonchev–Trinajstić information content (AvgIpc) is 1.87. The van der Waals surface area contributed by atoms with Crippen molar-refractivity contribution in [3.8, 4) is 0 Å². The molecule has 0 heterocycles. The first-order valence-electron chi connectivity index (χ1n) is 2.28. The van der Waals surface area contributed by atoms with Gasteiger partial charge in [-0.05, 0) is 6.08 Å². The third-order valence-electron chi connectivity index (χ3n) is 0.642. The predicted molar refractivity (Wildman–Crippen MR) is 34.7 cm³/mol. The number of hydrogen-bond donors (Lipinski definition) is 2. The number of carbonyl (C=O) groups excluding carboxylic acids is 1. The zero-order chi connectivity index (χ0) is 7.28. The van der Waals surface area contributed by atoms with Crippen LogP contribution in [0.15, 0.2) is 24.5 Å². The highest BCUT2D eigenvalue weighted by Gasteiger charge is 1.89. The van der Waals surface area contributed by atoms with E-state index in [0.717, 1.165) is 12.2 Å². The molecule has 48 valence electrons. The zero-order valence-corrected chi connectivity index (χ0v) is 4.79. The van der Waals surface area contributed by atoms with E-state index >= 15 is 0 Å². The highest BCUT2D eigenvalue weighted by molar-refractivity contribution is 6.31. The maximum absolute atomic E-state index is 10.3. The molecule has 0 aliphatic carbocycles. The molecule has 3 nitrogen and oxygen atoms in total. The Morgan fingerprint density at radius 2 is 2.22 bits per heavy atom. The van der Waals surface area contributed by atoms with E-state index < -0.39 is 5.78 Å². The summed E-state index contributed by atoms with van der Waals surface area (Å²) in [5, 5.41) is 15.0. The van der Waals surface area contributed by atoms with Gasteiger partial charge in [0.05, 0.1) is 6.21 Å². The zero-order valence-electron chi connectivity index (χ0n) is 4.79. The second-order valence-electron chi connectivity index (χ2n) is 1.32. The van der Waals surface area contributed by atoms with Crippen molar-refractivity contribution in [2.45, 2.75) is 0 Å². The number of allylic oxidation sites excluding steroid dienone is 2. The lowest BCUT2D eigenvalue weighted by Crippen LogP contribution is -1.92. The molecule has 0 aliphatic heterocycles. The lowest BCUT2D eigenvalue weighted by atomic mass is 10.3. The Morgan fingerprint density at radius 3 is 2.56 bits per heavy atom. The highest BCUT2D eigenvalue weighted by atomic mass is 16.3. The van der Waals surface area contributed by atoms with Crippen LogP contribution in [0, 0.1) is 5.41 Å². The van der Waals surface area contributed by atoms with Gasteiger partial charge in [-0.3, -0.25) is 4.79 Å². The summed E-state index contributed by atoms with van der Waals surface area (Å²) in [5.41, 5.74) is 0. The van der Waals surface area contributed by atoms with E-state index in [1.807, 2.05) is 0 Å². The average molecular weight is 125 g/mol. The molecule has 0 radical (unpaired) electrons. The van der Waals surface area contributed by atoms with Gasteiger partial charge < -0.3 is 10.5 Å². The molecule has 0 rings (SSSR count). The SMILES string of the molecule is C=C/C(O)=C/C(=O)C=N. The second kappa shape index (κ2) is 3.60. The van der Waals surface area contributed by atoms with Crippen LogP contribution in [0.5, 0.6) is 0 Å². The molecule has 3 heteroatoms. The standard InChI is InChI=1S/C6H7NO2/c1-2-5(8)3-6(9)4-7/h2-4,7-8H,1H2/b5-3-,7-4?. The summed E-state index contributed by atoms with van der Waals surface area (Å²) in [6, 6.07) is 0. The summed E-state index contributed by atoms with van der Waals surface area (Å²) >= 11 is 0. The Balaban J connectivity index is 4.10. The van der Waals surface area contributed by atoms with E-state index in [0.29, 0.717) is 6.21 Å². The lowest BCUT2D eigenvalue weighted by Gasteiger charge is -1.83. The van der Waals surface area contributed by atoms with Crippen molar-refractivity contribution in [3.05, 3.63) is 24.5 Å². The highest BCUT2D eigenvalue weighted by Crippen LogP contribution is 1.86. The normalized spacial score (nSPS) is 10.4. The van der Waals surface area contributed by atoms with Gasteiger partial charge in [0.1, 0.15) is 5.76 Å². The molecule has 0 aromatic rings. The Bertz CT molecular complexity index is 170. The fraction of sp³-hybridized carbons (Fsp3) is 0. The van der Waals surface area contributed by atoms with Crippen LogP contribution in [0.25, 0.3) is 0 Å². The van der Waals surface area contributed by atoms with Gasteiger partial charge in [0.2, 0.25) is 0 Å². The predicted octanol–water partition coefficient (Wildman–Crippen LogP) is 0.833. The molecule has 2 N–H and O–H groups in total. The van der Waals surface area contributed by atoms with Gasteiger partial charge in [-0.15, -0.1) is 0 Å². The topological polar surface area (TPSA) is 61.1 Å². The van der Waals surface area contributed by atoms with Crippen molar-refractivity contribution in [1.29, 1.82) is 5.41 Å². The number of ketones is 1. The Kier molecular flexibility index (Phi) is 3.05. The van der Waals surface area contributed by atoms with Crippen LogP contribution in [0.1, 0.15) is 0 Å². The molecule has 0 amide bonds. The van der Waals surface area contributed by atoms with Gasteiger partial charge in [0, 0.05) is 6.08 Å². The van der Waals surface area contributed by atoms with Crippen molar-refractivity contribution < 1.29 is 9.90 Å². The van der Waals surface area contributed by atoms with Crippen molar-refractivity contribution in [1.82, 2.24) is 0 Å². The van der Waals surface area contributed by atoms with Crippen molar-refractivity contribution in [3.63, 3.8) is 0 Å². The minimum atomic E-state index is -0.549. The first kappa shape index (κ1) is 7.62. The maximum atomic E-state index is 10.3. The molecule has 9 heavy (non-hydrogen) atoms. The van der Waals surface area contributed by atoms with E-state index in [9.17, 15) is 4.79 Å². The molecule has 0 aliphatic rings. The van der Waals surface area contributed by atoms with E-state index in [-0.39, 0.29) is 5.76 Å². The van der Waals surface area contributed by atoms with Crippen LogP contribution in [-0.4, -0.2) is 17.1 Å². The molecule has 0 bridgehead atoms. The Morgan fingerprint density at radius 1 is 1.67 bits per heavy atom. The molecular weight excluding hydrogens is 118 g/mol. The molecule has 0 unspecified atom stereocenters. The number of hydrogen-bond acceptors (Lipinski definition) is 3. The van der Waals surface area contributed by atoms with Crippen LogP contribution >= 0.6 is 0 Å². The monoisotopic (exact) mass is 125 g/mol. The maximum Gasteiger partial charge on any atom is 0.199 e. The molecule has 0 atom stereocenters. The smallest absolute Gasteiger partial charge is 0.199 e. The van der Waals surface area contributed by atoms with Gasteiger partial charge in [-0.2, -0.15) is 0 Å². The summed E-state index contributed by atoms with van der Waals surface area (Å²) in [4.78, 5) is 10.3. The van der Waals surface area contributed by atoms with Gasteiger partial charge in [-0.25, -0.2) is 0 Å². The molecule has 0 aromatic carbocycles. The van der Waals surface area contributed by atoms with Crippen LogP contribution < -0.4 is 0 Å². The molecule has 0 saturated heterocycles. The van der Waals surface area contributed by atoms with Crippen molar-refractivity contribution in [2.75, 3.05) is 0 Å². The van der Waals surface area contributed by atoms with Crippen LogP contribution in [0.3, 0.4) is 0 Å². The minimum absolute atomic E-state index is 0.219. The summed E-state index contributed by atoms with van der Waals surface area (Å²) in [5.74, 6) is -0.768. The largest absolute Gasteiger partial charge is 0.508 e. The first-order chi connectivity index (χ1) is 4.20. The lowest BCUT2D eigenvalue weighted by molar-refractivity contribution is -0.108. The number of carbonyl (C=O) groups is 1. The molecule has 0 saturated carbocycles. The summed E-state index contributed by atoms with van der Waals surface area (Å²) in [6.07, 6.45) is 2.65. The number of nitrogens with one attached hydrogen (secondary N) is 1. The third kappa shape index (κ3) is 3.22. The second-order valence-corrected chi connectivity index (χ2v) is 1.32. The van der Waals surface area contributed by atoms with E-state index in [4.69, 9.17) is 10.5 Å². The third-order valence-corrected chi connectivity index (χ3v) is 0.642. The van der Waals surface area contributed by atoms with Crippen molar-refractivity contribution >= 4 is 12.0 Å². The number of aliphatic hydroxyl groups is 1. The van der Waals surface area contributed by atoms with Crippen LogP contribution in [0.2, 0.25) is 0 Å². The summed E-state index contributed by atoms with van der Waals surface area (Å²) in [6.45, 7) is 3.20. The van der Waals surface area contributed by atoms with Crippen LogP contribution in [-0.2, 0) is 4.79 Å². The van der Waals surface area contributed by atoms with Crippen LogP contribution in [0.4, 0.5) is 0 Å². The van der Waals surface area contributed by atoms with E-state index in [1.54, 1.807) is 0 Å². The first-order valence-corrected chi connectivity index (χ1v) is 2.28. The molecule has 0 spiro atoms. The van der Waals surface area contributed by atoms with E-state index in [2.05, 4.69) is 6.58 Å². The molecule has 0 fully saturated rings. The van der Waals surface area contributed by atoms with Gasteiger partial charge in [-0.1, -0.05) is 6.58 Å². The molecule has 0 aromatic heterocycles. The fourth-order valence-corrected chi connectivity index (χ4v) is 0.246. The molecular formula is C6H7NO2. The number of rotatable bonds is 3. The van der Waals surface area contributed by atoms with Gasteiger partial charge in [0.15, 0.2) is 5.78 Å². The minimum Gasteiger partial charge on any atom is -0.508 e.